The largest absolute Gasteiger partial charge is 0.477 e. The number of nitrogens with two attached hydrogens (primary N) is 1. The number of aliphatic hydroxyl groups is 13. The predicted molar refractivity (Wildman–Crippen MR) is 152 cm³/mol. The van der Waals surface area contributed by atoms with Crippen molar-refractivity contribution >= 4 is 5.97 Å². The lowest BCUT2D eigenvalue weighted by molar-refractivity contribution is -0.392. The number of hydrogen-bond donors (Lipinski definition) is 15. The van der Waals surface area contributed by atoms with Gasteiger partial charge in [0.15, 0.2) is 18.9 Å². The minimum absolute atomic E-state index is 0.908. The highest BCUT2D eigenvalue weighted by Gasteiger charge is 2.60. The molecule has 16 N–H and O–H groups in total. The maximum absolute atomic E-state index is 12.6. The number of carbonyl (C=O) groups is 1. The highest BCUT2D eigenvalue weighted by Crippen LogP contribution is 2.38. The fourth-order valence-electron chi connectivity index (χ4n) is 6.20. The number of aliphatic hydroxyl groups excluding tert-OH is 13. The van der Waals surface area contributed by atoms with E-state index in [0.29, 0.717) is 0 Å². The third-order valence-electron chi connectivity index (χ3n) is 9.21. The third kappa shape index (κ3) is 8.08. The van der Waals surface area contributed by atoms with E-state index >= 15 is 0 Å². The van der Waals surface area contributed by atoms with E-state index in [0.717, 1.165) is 0 Å². The van der Waals surface area contributed by atoms with E-state index in [4.69, 9.17) is 38.9 Å². The summed E-state index contributed by atoms with van der Waals surface area (Å²) in [6.45, 7) is -1.64. The number of carboxylic acid groups (broad SMARTS) is 1. The molecule has 4 heterocycles. The summed E-state index contributed by atoms with van der Waals surface area (Å²) in [5.74, 6) is -5.09. The summed E-state index contributed by atoms with van der Waals surface area (Å²) in [4.78, 5) is 12.6. The van der Waals surface area contributed by atoms with Gasteiger partial charge in [-0.1, -0.05) is 0 Å². The van der Waals surface area contributed by atoms with E-state index < -0.39 is 161 Å². The van der Waals surface area contributed by atoms with E-state index in [1.54, 1.807) is 0 Å². The molecule has 23 heteroatoms. The van der Waals surface area contributed by atoms with E-state index in [9.17, 15) is 76.3 Å². The molecule has 0 aromatic carbocycles. The quantitative estimate of drug-likeness (QED) is 0.0884. The zero-order valence-corrected chi connectivity index (χ0v) is 26.5. The molecule has 0 aliphatic carbocycles. The Balaban J connectivity index is 1.64. The van der Waals surface area contributed by atoms with Crippen molar-refractivity contribution in [1.29, 1.82) is 0 Å². The van der Waals surface area contributed by atoms with E-state index in [1.165, 1.54) is 6.92 Å². The minimum Gasteiger partial charge on any atom is -0.477 e. The lowest BCUT2D eigenvalue weighted by Crippen LogP contribution is -2.70. The van der Waals surface area contributed by atoms with Crippen LogP contribution in [0.25, 0.3) is 0 Å². The van der Waals surface area contributed by atoms with Gasteiger partial charge in [0.25, 0.3) is 5.79 Å². The van der Waals surface area contributed by atoms with Crippen molar-refractivity contribution in [2.75, 3.05) is 19.8 Å². The second kappa shape index (κ2) is 16.8. The maximum atomic E-state index is 12.6. The maximum Gasteiger partial charge on any atom is 0.364 e. The van der Waals surface area contributed by atoms with Crippen LogP contribution in [0.5, 0.6) is 0 Å². The normalized spacial score (nSPS) is 50.1. The summed E-state index contributed by atoms with van der Waals surface area (Å²) in [7, 11) is 0. The Morgan fingerprint density at radius 1 is 0.780 bits per heavy atom. The van der Waals surface area contributed by atoms with Crippen molar-refractivity contribution in [2.45, 2.75) is 142 Å². The van der Waals surface area contributed by atoms with Gasteiger partial charge in [0.05, 0.1) is 38.1 Å². The van der Waals surface area contributed by atoms with Gasteiger partial charge in [-0.3, -0.25) is 0 Å². The Bertz CT molecular complexity index is 1110. The van der Waals surface area contributed by atoms with Crippen LogP contribution >= 0.6 is 0 Å². The Hall–Kier alpha value is -1.37. The summed E-state index contributed by atoms with van der Waals surface area (Å²) < 4.78 is 38.8. The fourth-order valence-corrected chi connectivity index (χ4v) is 6.20. The summed E-state index contributed by atoms with van der Waals surface area (Å²) in [5.41, 5.74) is 6.10. The van der Waals surface area contributed by atoms with E-state index in [2.05, 4.69) is 0 Å². The van der Waals surface area contributed by atoms with Gasteiger partial charge in [-0.15, -0.1) is 0 Å². The lowest BCUT2D eigenvalue weighted by atomic mass is 9.90. The summed E-state index contributed by atoms with van der Waals surface area (Å²) in [6.07, 6.45) is -36.3. The fraction of sp³-hybridized carbons (Fsp3) is 0.963. The van der Waals surface area contributed by atoms with Gasteiger partial charge in [0, 0.05) is 6.42 Å². The first-order chi connectivity index (χ1) is 23.4. The SMILES string of the molecule is C[C@@H]1O[C@@H](O[C@@H]2[C@@H](N)[C@H](O)O[C@H](CO)[C@H]2O[C@@H]2O[C@H](CO)[C@H](O)[C@H](O[C@]3(C(=O)O)C[C@H](O)[C@@H](O)[C@H]([C@H](O)[C@H](O)CO)O3)[C@H]2O)[C@@H](O)[C@H](O)[C@@H]1O. The Labute approximate surface area is 283 Å². The second-order valence-electron chi connectivity index (χ2n) is 12.6. The molecule has 0 saturated carbocycles. The van der Waals surface area contributed by atoms with Crippen LogP contribution in [0.15, 0.2) is 0 Å². The minimum atomic E-state index is -3.08. The molecule has 0 unspecified atom stereocenters. The molecule has 4 aliphatic heterocycles. The first-order valence-electron chi connectivity index (χ1n) is 15.7. The van der Waals surface area contributed by atoms with Gasteiger partial charge in [-0.2, -0.15) is 0 Å². The number of ether oxygens (including phenoxy) is 7. The molecule has 4 aliphatic rings. The number of hydrogen-bond acceptors (Lipinski definition) is 22. The molecule has 0 amide bonds. The number of carboxylic acids is 1. The average molecular weight is 738 g/mol. The topological polar surface area (TPSA) is 391 Å². The molecule has 21 atom stereocenters. The summed E-state index contributed by atoms with van der Waals surface area (Å²) >= 11 is 0. The molecular formula is C27H47NO22. The molecule has 0 spiro atoms. The van der Waals surface area contributed by atoms with E-state index in [1.807, 2.05) is 0 Å². The first-order valence-corrected chi connectivity index (χ1v) is 15.7. The van der Waals surface area contributed by atoms with Gasteiger partial charge in [-0.25, -0.2) is 4.79 Å². The van der Waals surface area contributed by atoms with Crippen LogP contribution in [0.2, 0.25) is 0 Å². The van der Waals surface area contributed by atoms with Gasteiger partial charge < -0.3 is 110 Å². The molecule has 4 fully saturated rings. The van der Waals surface area contributed by atoms with Crippen molar-refractivity contribution in [3.8, 4) is 0 Å². The Kier molecular flexibility index (Phi) is 13.9. The van der Waals surface area contributed by atoms with Crippen molar-refractivity contribution in [2.24, 2.45) is 5.73 Å². The average Bonchev–Trinajstić information content (AvgIpc) is 3.08. The molecule has 0 radical (unpaired) electrons. The molecule has 0 bridgehead atoms. The van der Waals surface area contributed by atoms with Gasteiger partial charge in [0.2, 0.25) is 0 Å². The monoisotopic (exact) mass is 737 g/mol. The summed E-state index contributed by atoms with van der Waals surface area (Å²) in [6, 6.07) is -1.55. The zero-order valence-electron chi connectivity index (χ0n) is 26.5. The molecule has 4 rings (SSSR count). The van der Waals surface area contributed by atoms with Crippen LogP contribution in [0.3, 0.4) is 0 Å². The molecule has 0 aromatic heterocycles. The lowest BCUT2D eigenvalue weighted by Gasteiger charge is -2.50. The third-order valence-corrected chi connectivity index (χ3v) is 9.21. The van der Waals surface area contributed by atoms with Gasteiger partial charge in [0.1, 0.15) is 85.5 Å². The molecule has 0 aromatic rings. The van der Waals surface area contributed by atoms with Crippen LogP contribution in [0.1, 0.15) is 13.3 Å². The predicted octanol–water partition coefficient (Wildman–Crippen LogP) is -9.55. The van der Waals surface area contributed by atoms with Gasteiger partial charge >= 0.3 is 5.97 Å². The van der Waals surface area contributed by atoms with Crippen molar-refractivity contribution in [3.63, 3.8) is 0 Å². The molecule has 23 nitrogen and oxygen atoms in total. The molecule has 4 saturated heterocycles. The Morgan fingerprint density at radius 3 is 1.96 bits per heavy atom. The van der Waals surface area contributed by atoms with Gasteiger partial charge in [-0.05, 0) is 6.92 Å². The van der Waals surface area contributed by atoms with Crippen LogP contribution in [0, 0.1) is 0 Å². The Morgan fingerprint density at radius 2 is 1.38 bits per heavy atom. The highest BCUT2D eigenvalue weighted by atomic mass is 16.8. The standard InChI is InChI=1S/C27H47NO22/c1-6-12(34)16(38)17(39)24(44-6)48-20-11(28)23(41)45-10(5-31)19(20)47-25-18(40)22(15(37)9(4-30)46-25)50-27(26(42)43)2-7(32)13(35)21(49-27)14(36)8(33)3-29/h6-25,29-41H,2-5,28H2,1H3,(H,42,43)/t6-,7-,8+,9+,10+,11+,12+,13+,14+,15-,16+,17-,18+,19+,20+,21+,22-,23+,24-,25-,27-/m0/s1. The number of aliphatic carboxylic acids is 1. The van der Waals surface area contributed by atoms with Crippen LogP contribution < -0.4 is 5.73 Å². The van der Waals surface area contributed by atoms with Crippen molar-refractivity contribution in [3.05, 3.63) is 0 Å². The van der Waals surface area contributed by atoms with Crippen LogP contribution in [-0.4, -0.2) is 226 Å². The molecule has 292 valence electrons. The number of rotatable bonds is 12. The smallest absolute Gasteiger partial charge is 0.364 e. The zero-order chi connectivity index (χ0) is 37.4. The van der Waals surface area contributed by atoms with E-state index in [-0.39, 0.29) is 0 Å². The highest BCUT2D eigenvalue weighted by molar-refractivity contribution is 5.76. The van der Waals surface area contributed by atoms with Crippen molar-refractivity contribution < 1.29 is 109 Å². The summed E-state index contributed by atoms with van der Waals surface area (Å²) in [5, 5.41) is 144. The molecular weight excluding hydrogens is 690 g/mol. The van der Waals surface area contributed by atoms with Crippen LogP contribution in [0.4, 0.5) is 0 Å². The van der Waals surface area contributed by atoms with Crippen molar-refractivity contribution in [1.82, 2.24) is 0 Å². The second-order valence-corrected chi connectivity index (χ2v) is 12.6. The molecule has 50 heavy (non-hydrogen) atoms. The first kappa shape index (κ1) is 41.4. The van der Waals surface area contributed by atoms with Crippen LogP contribution in [-0.2, 0) is 38.0 Å².